The van der Waals surface area contributed by atoms with E-state index in [1.807, 2.05) is 0 Å². The SMILES string of the molecule is CN(CC(=O)O)C(=S)S.[Na].[Na]. The minimum Gasteiger partial charge on any atom is -0.480 e. The molecule has 0 saturated carbocycles. The maximum atomic E-state index is 9.98. The van der Waals surface area contributed by atoms with Crippen LogP contribution in [0.15, 0.2) is 0 Å². The molecule has 0 aliphatic carbocycles. The van der Waals surface area contributed by atoms with Crippen LogP contribution in [0.3, 0.4) is 0 Å². The predicted molar refractivity (Wildman–Crippen MR) is 53.4 cm³/mol. The summed E-state index contributed by atoms with van der Waals surface area (Å²) < 4.78 is 0.289. The van der Waals surface area contributed by atoms with Crippen LogP contribution in [0.4, 0.5) is 0 Å². The second kappa shape index (κ2) is 9.80. The number of hydrogen-bond acceptors (Lipinski definition) is 2. The monoisotopic (exact) mass is 211 g/mol. The number of carbonyl (C=O) groups is 1. The van der Waals surface area contributed by atoms with Gasteiger partial charge in [0, 0.05) is 66.2 Å². The first-order chi connectivity index (χ1) is 4.04. The van der Waals surface area contributed by atoms with E-state index >= 15 is 0 Å². The minimum absolute atomic E-state index is 0. The van der Waals surface area contributed by atoms with Gasteiger partial charge in [0.2, 0.25) is 0 Å². The molecule has 0 rings (SSSR count). The zero-order valence-electron chi connectivity index (χ0n) is 6.87. The average Bonchev–Trinajstić information content (AvgIpc) is 1.63. The van der Waals surface area contributed by atoms with Gasteiger partial charge in [-0.15, -0.1) is 12.6 Å². The van der Waals surface area contributed by atoms with Crippen molar-refractivity contribution in [2.75, 3.05) is 13.6 Å². The van der Waals surface area contributed by atoms with E-state index < -0.39 is 5.97 Å². The molecule has 0 fully saturated rings. The van der Waals surface area contributed by atoms with Gasteiger partial charge in [-0.2, -0.15) is 0 Å². The number of carboxylic acid groups (broad SMARTS) is 1. The summed E-state index contributed by atoms with van der Waals surface area (Å²) in [5.74, 6) is -0.908. The van der Waals surface area contributed by atoms with Crippen molar-refractivity contribution in [3.63, 3.8) is 0 Å². The van der Waals surface area contributed by atoms with Gasteiger partial charge in [0.05, 0.1) is 0 Å². The Balaban J connectivity index is -0.000000320. The van der Waals surface area contributed by atoms with Gasteiger partial charge in [0.1, 0.15) is 10.9 Å². The Bertz CT molecular complexity index is 144. The van der Waals surface area contributed by atoms with Gasteiger partial charge in [0.15, 0.2) is 0 Å². The van der Waals surface area contributed by atoms with Crippen LogP contribution in [0.1, 0.15) is 0 Å². The third kappa shape index (κ3) is 11.7. The molecule has 0 bridgehead atoms. The Morgan fingerprint density at radius 1 is 1.64 bits per heavy atom. The number of nitrogens with zero attached hydrogens (tertiary/aromatic N) is 1. The second-order valence-corrected chi connectivity index (χ2v) is 2.65. The summed E-state index contributed by atoms with van der Waals surface area (Å²) in [5, 5.41) is 8.20. The fraction of sp³-hybridized carbons (Fsp3) is 0.500. The third-order valence-electron chi connectivity index (χ3n) is 0.699. The minimum atomic E-state index is -0.908. The van der Waals surface area contributed by atoms with E-state index in [1.165, 1.54) is 4.90 Å². The third-order valence-corrected chi connectivity index (χ3v) is 1.35. The van der Waals surface area contributed by atoms with Crippen molar-refractivity contribution in [1.82, 2.24) is 4.90 Å². The number of thiol groups is 1. The first-order valence-electron chi connectivity index (χ1n) is 2.20. The van der Waals surface area contributed by atoms with Crippen molar-refractivity contribution in [3.8, 4) is 0 Å². The molecular weight excluding hydrogens is 204 g/mol. The summed E-state index contributed by atoms with van der Waals surface area (Å²) in [7, 11) is 1.57. The van der Waals surface area contributed by atoms with Crippen molar-refractivity contribution in [1.29, 1.82) is 0 Å². The van der Waals surface area contributed by atoms with Gasteiger partial charge in [-0.05, 0) is 0 Å². The molecule has 0 unspecified atom stereocenters. The molecule has 11 heavy (non-hydrogen) atoms. The molecule has 0 atom stereocenters. The van der Waals surface area contributed by atoms with Crippen LogP contribution in [-0.2, 0) is 4.79 Å². The number of carboxylic acids is 1. The van der Waals surface area contributed by atoms with Crippen molar-refractivity contribution in [3.05, 3.63) is 0 Å². The summed E-state index contributed by atoms with van der Waals surface area (Å²) in [6, 6.07) is 0. The fourth-order valence-electron chi connectivity index (χ4n) is 0.271. The summed E-state index contributed by atoms with van der Waals surface area (Å²) in [6.45, 7) is -0.0949. The van der Waals surface area contributed by atoms with Crippen LogP contribution < -0.4 is 0 Å². The first-order valence-corrected chi connectivity index (χ1v) is 3.05. The number of hydrogen-bond donors (Lipinski definition) is 2. The molecule has 0 amide bonds. The van der Waals surface area contributed by atoms with Crippen molar-refractivity contribution >= 4 is 94.3 Å². The number of aliphatic carboxylic acids is 1. The largest absolute Gasteiger partial charge is 0.480 e. The van der Waals surface area contributed by atoms with Crippen LogP contribution >= 0.6 is 24.8 Å². The van der Waals surface area contributed by atoms with Crippen molar-refractivity contribution < 1.29 is 9.90 Å². The van der Waals surface area contributed by atoms with Crippen molar-refractivity contribution in [2.24, 2.45) is 0 Å². The zero-order chi connectivity index (χ0) is 7.44. The van der Waals surface area contributed by atoms with Gasteiger partial charge in [-0.25, -0.2) is 0 Å². The predicted octanol–water partition coefficient (Wildman–Crippen LogP) is -0.544. The molecule has 0 aliphatic heterocycles. The molecule has 0 aromatic heterocycles. The molecule has 54 valence electrons. The molecule has 0 saturated heterocycles. The van der Waals surface area contributed by atoms with E-state index in [1.54, 1.807) is 7.05 Å². The van der Waals surface area contributed by atoms with E-state index in [9.17, 15) is 4.79 Å². The molecule has 0 heterocycles. The van der Waals surface area contributed by atoms with Gasteiger partial charge < -0.3 is 10.0 Å². The summed E-state index contributed by atoms with van der Waals surface area (Å²) in [6.07, 6.45) is 0. The Kier molecular flexibility index (Phi) is 16.5. The molecule has 3 nitrogen and oxygen atoms in total. The van der Waals surface area contributed by atoms with E-state index in [0.29, 0.717) is 0 Å². The van der Waals surface area contributed by atoms with Crippen LogP contribution in [0.2, 0.25) is 0 Å². The van der Waals surface area contributed by atoms with Crippen LogP contribution in [0, 0.1) is 0 Å². The van der Waals surface area contributed by atoms with Gasteiger partial charge >= 0.3 is 5.97 Å². The maximum Gasteiger partial charge on any atom is 0.323 e. The summed E-state index contributed by atoms with van der Waals surface area (Å²) in [5.41, 5.74) is 0. The summed E-state index contributed by atoms with van der Waals surface area (Å²) >= 11 is 8.33. The number of thiocarbonyl (C=S) groups is 1. The normalized spacial score (nSPS) is 7.09. The average molecular weight is 211 g/mol. The van der Waals surface area contributed by atoms with E-state index in [4.69, 9.17) is 5.11 Å². The molecular formula is C4H7NNa2O2S2. The Morgan fingerprint density at radius 3 is 2.09 bits per heavy atom. The molecule has 0 aromatic rings. The number of rotatable bonds is 2. The van der Waals surface area contributed by atoms with Crippen LogP contribution in [0.5, 0.6) is 0 Å². The second-order valence-electron chi connectivity index (χ2n) is 1.53. The molecule has 1 N–H and O–H groups in total. The zero-order valence-corrected chi connectivity index (χ0v) is 12.6. The van der Waals surface area contributed by atoms with Gasteiger partial charge in [-0.1, -0.05) is 12.2 Å². The van der Waals surface area contributed by atoms with Crippen LogP contribution in [0.25, 0.3) is 0 Å². The van der Waals surface area contributed by atoms with E-state index in [0.717, 1.165) is 0 Å². The quantitative estimate of drug-likeness (QED) is 0.365. The Morgan fingerprint density at radius 2 is 2.00 bits per heavy atom. The Labute approximate surface area is 121 Å². The van der Waals surface area contributed by atoms with Crippen LogP contribution in [-0.4, -0.2) is 93.0 Å². The Hall–Kier alpha value is 1.71. The molecule has 0 aliphatic rings. The molecule has 0 spiro atoms. The summed E-state index contributed by atoms with van der Waals surface area (Å²) in [4.78, 5) is 11.3. The van der Waals surface area contributed by atoms with E-state index in [-0.39, 0.29) is 70.0 Å². The van der Waals surface area contributed by atoms with Crippen molar-refractivity contribution in [2.45, 2.75) is 0 Å². The van der Waals surface area contributed by atoms with Gasteiger partial charge in [0.25, 0.3) is 0 Å². The number of likely N-dealkylation sites (N-methyl/N-ethyl adjacent to an activating group) is 1. The van der Waals surface area contributed by atoms with Gasteiger partial charge in [-0.3, -0.25) is 4.79 Å². The fourth-order valence-corrected chi connectivity index (χ4v) is 0.406. The molecule has 7 heteroatoms. The van der Waals surface area contributed by atoms with E-state index in [2.05, 4.69) is 24.8 Å². The first kappa shape index (κ1) is 18.5. The topological polar surface area (TPSA) is 40.5 Å². The smallest absolute Gasteiger partial charge is 0.323 e. The maximum absolute atomic E-state index is 9.98. The standard InChI is InChI=1S/C4H7NO2S2.2Na/c1-5(4(8)9)2-3(6)7;;/h2H2,1H3,(H,6,7)(H,8,9);;. The molecule has 2 radical (unpaired) electrons. The molecule has 0 aromatic carbocycles.